The summed E-state index contributed by atoms with van der Waals surface area (Å²) >= 11 is 0. The Labute approximate surface area is 106 Å². The number of aromatic nitrogens is 2. The van der Waals surface area contributed by atoms with Crippen LogP contribution >= 0.6 is 0 Å². The molecule has 0 radical (unpaired) electrons. The Morgan fingerprint density at radius 1 is 1.17 bits per heavy atom. The van der Waals surface area contributed by atoms with Crippen molar-refractivity contribution in [2.24, 2.45) is 17.8 Å². The largest absolute Gasteiger partial charge is 0.385 e. The summed E-state index contributed by atoms with van der Waals surface area (Å²) < 4.78 is 2.11. The van der Waals surface area contributed by atoms with Crippen molar-refractivity contribution in [2.75, 3.05) is 5.73 Å². The molecule has 4 aliphatic rings. The van der Waals surface area contributed by atoms with Gasteiger partial charge >= 0.3 is 0 Å². The number of anilines is 1. The lowest BCUT2D eigenvalue weighted by Gasteiger charge is -2.57. The van der Waals surface area contributed by atoms with Crippen LogP contribution in [-0.2, 0) is 5.54 Å². The number of nitrogens with zero attached hydrogens (tertiary/aromatic N) is 2. The van der Waals surface area contributed by atoms with E-state index < -0.39 is 0 Å². The summed E-state index contributed by atoms with van der Waals surface area (Å²) in [6.45, 7) is 0. The molecule has 0 unspecified atom stereocenters. The zero-order valence-electron chi connectivity index (χ0n) is 10.5. The van der Waals surface area contributed by atoms with Crippen molar-refractivity contribution in [1.29, 1.82) is 0 Å². The zero-order chi connectivity index (χ0) is 12.3. The van der Waals surface area contributed by atoms with Crippen molar-refractivity contribution >= 4 is 5.82 Å². The van der Waals surface area contributed by atoms with Gasteiger partial charge in [-0.25, -0.2) is 0 Å². The van der Waals surface area contributed by atoms with Gasteiger partial charge in [-0.05, 0) is 56.3 Å². The topological polar surface area (TPSA) is 60.9 Å². The van der Waals surface area contributed by atoms with Crippen LogP contribution in [-0.4, -0.2) is 9.55 Å². The molecule has 1 aromatic heterocycles. The lowest BCUT2D eigenvalue weighted by atomic mass is 9.53. The van der Waals surface area contributed by atoms with Crippen molar-refractivity contribution in [3.8, 4) is 0 Å². The van der Waals surface area contributed by atoms with Gasteiger partial charge in [0, 0.05) is 11.6 Å². The molecule has 1 heterocycles. The Bertz CT molecular complexity index is 513. The summed E-state index contributed by atoms with van der Waals surface area (Å²) in [4.78, 5) is 15.2. The van der Waals surface area contributed by atoms with Gasteiger partial charge in [-0.1, -0.05) is 0 Å². The van der Waals surface area contributed by atoms with E-state index in [1.165, 1.54) is 44.6 Å². The fraction of sp³-hybridized carbons (Fsp3) is 0.714. The van der Waals surface area contributed by atoms with Gasteiger partial charge in [-0.15, -0.1) is 0 Å². The molecule has 4 aliphatic carbocycles. The predicted molar refractivity (Wildman–Crippen MR) is 69.1 cm³/mol. The molecule has 4 heteroatoms. The fourth-order valence-electron chi connectivity index (χ4n) is 5.17. The monoisotopic (exact) mass is 245 g/mol. The lowest BCUT2D eigenvalue weighted by molar-refractivity contribution is -0.0426. The molecule has 0 aliphatic heterocycles. The van der Waals surface area contributed by atoms with Gasteiger partial charge in [0.05, 0.1) is 0 Å². The number of rotatable bonds is 1. The van der Waals surface area contributed by atoms with Crippen molar-refractivity contribution in [3.05, 3.63) is 22.7 Å². The van der Waals surface area contributed by atoms with E-state index in [0.29, 0.717) is 5.82 Å². The van der Waals surface area contributed by atoms with Gasteiger partial charge in [-0.3, -0.25) is 4.79 Å². The Morgan fingerprint density at radius 2 is 1.72 bits per heavy atom. The van der Waals surface area contributed by atoms with Crippen LogP contribution in [0.1, 0.15) is 38.5 Å². The highest BCUT2D eigenvalue weighted by Gasteiger charge is 2.52. The van der Waals surface area contributed by atoms with E-state index in [2.05, 4.69) is 9.55 Å². The van der Waals surface area contributed by atoms with Crippen molar-refractivity contribution < 1.29 is 0 Å². The first-order valence-corrected chi connectivity index (χ1v) is 6.99. The molecule has 1 aromatic rings. The minimum atomic E-state index is -0.228. The van der Waals surface area contributed by atoms with Crippen molar-refractivity contribution in [1.82, 2.24) is 9.55 Å². The standard InChI is InChI=1S/C14H19N3O/c15-12-4-13(18)16-8-17(12)14-5-9-1-10(6-14)3-11(2-9)7-14/h4,8-11H,1-3,5-7,15H2. The average Bonchev–Trinajstić information content (AvgIpc) is 2.26. The van der Waals surface area contributed by atoms with E-state index in [1.54, 1.807) is 6.33 Å². The highest BCUT2D eigenvalue weighted by Crippen LogP contribution is 2.59. The van der Waals surface area contributed by atoms with Crippen LogP contribution in [0.5, 0.6) is 0 Å². The molecule has 0 amide bonds. The van der Waals surface area contributed by atoms with Crippen LogP contribution in [0.25, 0.3) is 0 Å². The minimum Gasteiger partial charge on any atom is -0.385 e. The molecule has 18 heavy (non-hydrogen) atoms. The van der Waals surface area contributed by atoms with E-state index in [9.17, 15) is 4.79 Å². The van der Waals surface area contributed by atoms with E-state index in [0.717, 1.165) is 17.8 Å². The first-order chi connectivity index (χ1) is 8.64. The van der Waals surface area contributed by atoms with Crippen molar-refractivity contribution in [2.45, 2.75) is 44.1 Å². The molecular formula is C14H19N3O. The second-order valence-corrected chi connectivity index (χ2v) is 6.66. The van der Waals surface area contributed by atoms with E-state index >= 15 is 0 Å². The normalized spacial score (nSPS) is 41.2. The third-order valence-electron chi connectivity index (χ3n) is 5.37. The van der Waals surface area contributed by atoms with E-state index in [1.807, 2.05) is 0 Å². The molecular weight excluding hydrogens is 226 g/mol. The van der Waals surface area contributed by atoms with Gasteiger partial charge in [0.1, 0.15) is 12.1 Å². The molecule has 4 nitrogen and oxygen atoms in total. The fourth-order valence-corrected chi connectivity index (χ4v) is 5.17. The Morgan fingerprint density at radius 3 is 2.22 bits per heavy atom. The molecule has 2 N–H and O–H groups in total. The number of nitrogens with two attached hydrogens (primary N) is 1. The lowest BCUT2D eigenvalue weighted by Crippen LogP contribution is -2.52. The van der Waals surface area contributed by atoms with Gasteiger partial charge < -0.3 is 10.3 Å². The highest BCUT2D eigenvalue weighted by atomic mass is 16.1. The number of hydrogen-bond donors (Lipinski definition) is 1. The quantitative estimate of drug-likeness (QED) is 0.820. The molecule has 4 saturated carbocycles. The summed E-state index contributed by atoms with van der Waals surface area (Å²) in [5, 5.41) is 0. The molecule has 0 atom stereocenters. The summed E-state index contributed by atoms with van der Waals surface area (Å²) in [7, 11) is 0. The highest BCUT2D eigenvalue weighted by molar-refractivity contribution is 5.29. The van der Waals surface area contributed by atoms with Crippen molar-refractivity contribution in [3.63, 3.8) is 0 Å². The van der Waals surface area contributed by atoms with Crippen LogP contribution in [0.4, 0.5) is 5.82 Å². The third kappa shape index (κ3) is 1.38. The summed E-state index contributed by atoms with van der Waals surface area (Å²) in [6.07, 6.45) is 9.60. The maximum absolute atomic E-state index is 11.3. The SMILES string of the molecule is Nc1cc(=O)ncn1C12CC3CC(CC(C3)C1)C2. The summed E-state index contributed by atoms with van der Waals surface area (Å²) in [6, 6.07) is 1.47. The first-order valence-electron chi connectivity index (χ1n) is 6.99. The summed E-state index contributed by atoms with van der Waals surface area (Å²) in [5.74, 6) is 3.21. The smallest absolute Gasteiger partial charge is 0.274 e. The minimum absolute atomic E-state index is 0.166. The second kappa shape index (κ2) is 3.37. The van der Waals surface area contributed by atoms with E-state index in [-0.39, 0.29) is 11.1 Å². The van der Waals surface area contributed by atoms with Crippen LogP contribution < -0.4 is 11.3 Å². The van der Waals surface area contributed by atoms with Gasteiger partial charge in [0.2, 0.25) is 0 Å². The van der Waals surface area contributed by atoms with E-state index in [4.69, 9.17) is 5.73 Å². The Kier molecular flexibility index (Phi) is 1.98. The van der Waals surface area contributed by atoms with Crippen LogP contribution in [0.2, 0.25) is 0 Å². The third-order valence-corrected chi connectivity index (χ3v) is 5.37. The number of hydrogen-bond acceptors (Lipinski definition) is 3. The Hall–Kier alpha value is -1.32. The van der Waals surface area contributed by atoms with Crippen LogP contribution in [0, 0.1) is 17.8 Å². The zero-order valence-corrected chi connectivity index (χ0v) is 10.5. The maximum Gasteiger partial charge on any atom is 0.274 e. The second-order valence-electron chi connectivity index (χ2n) is 6.66. The van der Waals surface area contributed by atoms with Crippen LogP contribution in [0.15, 0.2) is 17.2 Å². The number of nitrogen functional groups attached to an aromatic ring is 1. The molecule has 0 aromatic carbocycles. The van der Waals surface area contributed by atoms with Crippen LogP contribution in [0.3, 0.4) is 0 Å². The molecule has 4 fully saturated rings. The molecule has 0 saturated heterocycles. The molecule has 0 spiro atoms. The summed E-state index contributed by atoms with van der Waals surface area (Å²) in [5.41, 5.74) is 6.00. The van der Waals surface area contributed by atoms with Gasteiger partial charge in [0.25, 0.3) is 5.56 Å². The first kappa shape index (κ1) is 10.6. The van der Waals surface area contributed by atoms with Gasteiger partial charge in [0.15, 0.2) is 0 Å². The van der Waals surface area contributed by atoms with Gasteiger partial charge in [-0.2, -0.15) is 4.98 Å². The predicted octanol–water partition coefficient (Wildman–Crippen LogP) is 1.75. The molecule has 5 rings (SSSR count). The average molecular weight is 245 g/mol. The maximum atomic E-state index is 11.3. The molecule has 96 valence electrons. The molecule has 4 bridgehead atoms. The Balaban J connectivity index is 1.81.